The van der Waals surface area contributed by atoms with Crippen molar-refractivity contribution in [2.75, 3.05) is 0 Å². The number of rotatable bonds is 5. The van der Waals surface area contributed by atoms with E-state index in [-0.39, 0.29) is 0 Å². The van der Waals surface area contributed by atoms with Gasteiger partial charge < -0.3 is 0 Å². The Morgan fingerprint density at radius 1 is 1.21 bits per heavy atom. The van der Waals surface area contributed by atoms with Crippen molar-refractivity contribution >= 4 is 5.82 Å². The van der Waals surface area contributed by atoms with Gasteiger partial charge in [0.15, 0.2) is 5.82 Å². The van der Waals surface area contributed by atoms with Crippen molar-refractivity contribution in [2.45, 2.75) is 71.5 Å². The third-order valence-electron chi connectivity index (χ3n) is 3.60. The average molecular weight is 263 g/mol. The normalized spacial score (nSPS) is 17.2. The van der Waals surface area contributed by atoms with Crippen molar-refractivity contribution in [1.82, 2.24) is 14.8 Å². The first-order valence-electron chi connectivity index (χ1n) is 7.33. The monoisotopic (exact) mass is 263 g/mol. The van der Waals surface area contributed by atoms with Crippen LogP contribution < -0.4 is 0 Å². The van der Waals surface area contributed by atoms with Gasteiger partial charge in [-0.15, -0.1) is 5.11 Å². The fraction of sp³-hybridized carbons (Fsp3) is 0.786. The van der Waals surface area contributed by atoms with E-state index in [0.29, 0.717) is 23.9 Å². The highest BCUT2D eigenvalue weighted by atomic mass is 15.6. The molecule has 0 aromatic carbocycles. The van der Waals surface area contributed by atoms with Gasteiger partial charge in [0.25, 0.3) is 0 Å². The molecule has 0 radical (unpaired) electrons. The van der Waals surface area contributed by atoms with Crippen molar-refractivity contribution < 1.29 is 0 Å². The summed E-state index contributed by atoms with van der Waals surface area (Å²) in [6.45, 7) is 8.48. The molecule has 5 heteroatoms. The fourth-order valence-electron chi connectivity index (χ4n) is 2.65. The van der Waals surface area contributed by atoms with Crippen LogP contribution in [0.15, 0.2) is 22.6 Å². The molecular weight excluding hydrogens is 238 g/mol. The lowest BCUT2D eigenvalue weighted by atomic mass is 10.3. The van der Waals surface area contributed by atoms with E-state index in [0.717, 1.165) is 0 Å². The van der Waals surface area contributed by atoms with Crippen molar-refractivity contribution in [3.63, 3.8) is 0 Å². The summed E-state index contributed by atoms with van der Waals surface area (Å²) in [4.78, 5) is 0. The molecule has 106 valence electrons. The van der Waals surface area contributed by atoms with Crippen LogP contribution in [0.5, 0.6) is 0 Å². The van der Waals surface area contributed by atoms with Crippen LogP contribution >= 0.6 is 0 Å². The van der Waals surface area contributed by atoms with Gasteiger partial charge in [-0.25, -0.2) is 0 Å². The third kappa shape index (κ3) is 3.55. The minimum atomic E-state index is 0.348. The Balaban J connectivity index is 2.02. The summed E-state index contributed by atoms with van der Waals surface area (Å²) in [7, 11) is 0. The SMILES string of the molecule is CC(C)N(N=Nc1ccn(C2CCCC2)n1)C(C)C. The lowest BCUT2D eigenvalue weighted by Crippen LogP contribution is -2.31. The first kappa shape index (κ1) is 14.0. The number of aromatic nitrogens is 2. The van der Waals surface area contributed by atoms with Crippen LogP contribution in [0.4, 0.5) is 5.82 Å². The maximum absolute atomic E-state index is 4.51. The lowest BCUT2D eigenvalue weighted by Gasteiger charge is -2.25. The summed E-state index contributed by atoms with van der Waals surface area (Å²) < 4.78 is 2.05. The molecule has 1 fully saturated rings. The van der Waals surface area contributed by atoms with E-state index >= 15 is 0 Å². The van der Waals surface area contributed by atoms with E-state index in [1.54, 1.807) is 0 Å². The first-order valence-corrected chi connectivity index (χ1v) is 7.33. The topological polar surface area (TPSA) is 45.8 Å². The van der Waals surface area contributed by atoms with E-state index in [4.69, 9.17) is 0 Å². The molecule has 0 spiro atoms. The Hall–Kier alpha value is -1.39. The zero-order valence-electron chi connectivity index (χ0n) is 12.5. The highest BCUT2D eigenvalue weighted by Gasteiger charge is 2.17. The molecule has 0 aliphatic heterocycles. The van der Waals surface area contributed by atoms with Crippen LogP contribution in [0, 0.1) is 0 Å². The number of nitrogens with zero attached hydrogens (tertiary/aromatic N) is 5. The number of hydrogen-bond donors (Lipinski definition) is 0. The molecule has 1 aromatic rings. The van der Waals surface area contributed by atoms with Crippen molar-refractivity contribution in [3.05, 3.63) is 12.3 Å². The molecule has 0 amide bonds. The van der Waals surface area contributed by atoms with Crippen molar-refractivity contribution in [3.8, 4) is 0 Å². The summed E-state index contributed by atoms with van der Waals surface area (Å²) in [5.74, 6) is 0.707. The summed E-state index contributed by atoms with van der Waals surface area (Å²) in [5, 5.41) is 15.1. The molecule has 19 heavy (non-hydrogen) atoms. The summed E-state index contributed by atoms with van der Waals surface area (Å²) in [6.07, 6.45) is 7.13. The Morgan fingerprint density at radius 3 is 2.42 bits per heavy atom. The molecule has 2 rings (SSSR count). The second-order valence-corrected chi connectivity index (χ2v) is 5.85. The van der Waals surface area contributed by atoms with E-state index in [1.807, 2.05) is 17.3 Å². The Labute approximate surface area is 115 Å². The molecule has 0 N–H and O–H groups in total. The predicted octanol–water partition coefficient (Wildman–Crippen LogP) is 4.12. The van der Waals surface area contributed by atoms with Gasteiger partial charge in [0.05, 0.1) is 6.04 Å². The molecule has 0 saturated heterocycles. The molecule has 0 atom stereocenters. The summed E-state index contributed by atoms with van der Waals surface area (Å²) >= 11 is 0. The van der Waals surface area contributed by atoms with Gasteiger partial charge in [0.2, 0.25) is 0 Å². The van der Waals surface area contributed by atoms with E-state index in [9.17, 15) is 0 Å². The highest BCUT2D eigenvalue weighted by Crippen LogP contribution is 2.29. The molecule has 1 heterocycles. The van der Waals surface area contributed by atoms with Crippen LogP contribution in [-0.2, 0) is 0 Å². The fourth-order valence-corrected chi connectivity index (χ4v) is 2.65. The minimum absolute atomic E-state index is 0.348. The summed E-state index contributed by atoms with van der Waals surface area (Å²) in [6, 6.07) is 3.21. The molecule has 1 aliphatic rings. The van der Waals surface area contributed by atoms with Crippen LogP contribution in [0.3, 0.4) is 0 Å². The van der Waals surface area contributed by atoms with Gasteiger partial charge in [-0.1, -0.05) is 18.1 Å². The second-order valence-electron chi connectivity index (χ2n) is 5.85. The maximum Gasteiger partial charge on any atom is 0.197 e. The zero-order valence-corrected chi connectivity index (χ0v) is 12.5. The Morgan fingerprint density at radius 2 is 1.84 bits per heavy atom. The number of hydrogen-bond acceptors (Lipinski definition) is 3. The minimum Gasteiger partial charge on any atom is -0.273 e. The molecule has 1 saturated carbocycles. The van der Waals surface area contributed by atoms with E-state index in [2.05, 4.69) is 47.8 Å². The van der Waals surface area contributed by atoms with Gasteiger partial charge in [-0.2, -0.15) is 5.10 Å². The molecule has 0 bridgehead atoms. The van der Waals surface area contributed by atoms with Crippen molar-refractivity contribution in [2.24, 2.45) is 10.3 Å². The van der Waals surface area contributed by atoms with Crippen LogP contribution in [0.25, 0.3) is 0 Å². The van der Waals surface area contributed by atoms with Crippen molar-refractivity contribution in [1.29, 1.82) is 0 Å². The van der Waals surface area contributed by atoms with E-state index in [1.165, 1.54) is 25.7 Å². The molecule has 5 nitrogen and oxygen atoms in total. The first-order chi connectivity index (χ1) is 9.08. The third-order valence-corrected chi connectivity index (χ3v) is 3.60. The molecular formula is C14H25N5. The smallest absolute Gasteiger partial charge is 0.197 e. The van der Waals surface area contributed by atoms with Gasteiger partial charge in [-0.3, -0.25) is 9.69 Å². The quantitative estimate of drug-likeness (QED) is 0.592. The predicted molar refractivity (Wildman–Crippen MR) is 76.4 cm³/mol. The second kappa shape index (κ2) is 6.17. The average Bonchev–Trinajstić information content (AvgIpc) is 2.98. The standard InChI is InChI=1S/C14H25N5/c1-11(2)19(12(3)4)17-15-14-9-10-18(16-14)13-7-5-6-8-13/h9-13H,5-8H2,1-4H3. The van der Waals surface area contributed by atoms with E-state index < -0.39 is 0 Å². The molecule has 1 aliphatic carbocycles. The van der Waals surface area contributed by atoms with Gasteiger partial charge in [-0.05, 0) is 40.5 Å². The van der Waals surface area contributed by atoms with Gasteiger partial charge in [0.1, 0.15) is 0 Å². The van der Waals surface area contributed by atoms with Crippen LogP contribution in [0.1, 0.15) is 59.4 Å². The largest absolute Gasteiger partial charge is 0.273 e. The Bertz CT molecular complexity index is 407. The van der Waals surface area contributed by atoms with Crippen LogP contribution in [0.2, 0.25) is 0 Å². The lowest BCUT2D eigenvalue weighted by molar-refractivity contribution is 0.169. The molecule has 1 aromatic heterocycles. The maximum atomic E-state index is 4.51. The van der Waals surface area contributed by atoms with Crippen LogP contribution in [-0.4, -0.2) is 26.9 Å². The summed E-state index contributed by atoms with van der Waals surface area (Å²) in [5.41, 5.74) is 0. The van der Waals surface area contributed by atoms with Gasteiger partial charge >= 0.3 is 0 Å². The zero-order chi connectivity index (χ0) is 13.8. The highest BCUT2D eigenvalue weighted by molar-refractivity contribution is 5.22. The van der Waals surface area contributed by atoms with Gasteiger partial charge in [0, 0.05) is 24.3 Å². The molecule has 0 unspecified atom stereocenters. The Kier molecular flexibility index (Phi) is 4.56.